The van der Waals surface area contributed by atoms with Crippen molar-refractivity contribution in [3.05, 3.63) is 72.3 Å². The highest BCUT2D eigenvalue weighted by molar-refractivity contribution is 7.92. The Morgan fingerprint density at radius 1 is 1.00 bits per heavy atom. The van der Waals surface area contributed by atoms with E-state index in [1.807, 2.05) is 4.72 Å². The predicted molar refractivity (Wildman–Crippen MR) is 95.3 cm³/mol. The van der Waals surface area contributed by atoms with Crippen LogP contribution < -0.4 is 4.72 Å². The molecule has 140 valence electrons. The number of benzene rings is 2. The van der Waals surface area contributed by atoms with Crippen molar-refractivity contribution >= 4 is 15.7 Å². The van der Waals surface area contributed by atoms with Crippen molar-refractivity contribution in [1.29, 1.82) is 0 Å². The van der Waals surface area contributed by atoms with Gasteiger partial charge in [0.1, 0.15) is 18.2 Å². The van der Waals surface area contributed by atoms with Crippen LogP contribution in [0, 0.1) is 11.6 Å². The average molecular weight is 391 g/mol. The third kappa shape index (κ3) is 4.44. The smallest absolute Gasteiger partial charge is 0.261 e. The number of hydrogen-bond donors (Lipinski definition) is 1. The van der Waals surface area contributed by atoms with Crippen molar-refractivity contribution in [1.82, 2.24) is 9.97 Å². The number of methoxy groups -OCH3 is 1. The van der Waals surface area contributed by atoms with Crippen molar-refractivity contribution in [2.75, 3.05) is 11.8 Å². The normalized spacial score (nSPS) is 11.4. The summed E-state index contributed by atoms with van der Waals surface area (Å²) in [6.45, 7) is 0.291. The third-order valence-electron chi connectivity index (χ3n) is 3.65. The predicted octanol–water partition coefficient (Wildman–Crippen LogP) is 3.37. The summed E-state index contributed by atoms with van der Waals surface area (Å²) in [5.74, 6) is -1.09. The molecule has 9 heteroatoms. The number of hydrogen-bond acceptors (Lipinski definition) is 5. The van der Waals surface area contributed by atoms with E-state index in [-0.39, 0.29) is 4.90 Å². The Balaban J connectivity index is 1.82. The lowest BCUT2D eigenvalue weighted by Gasteiger charge is -2.10. The lowest BCUT2D eigenvalue weighted by molar-refractivity contribution is 0.178. The molecule has 1 aromatic heterocycles. The Morgan fingerprint density at radius 2 is 1.67 bits per heavy atom. The van der Waals surface area contributed by atoms with E-state index in [2.05, 4.69) is 9.97 Å². The van der Waals surface area contributed by atoms with Crippen molar-refractivity contribution in [3.8, 4) is 11.1 Å². The molecule has 0 radical (unpaired) electrons. The summed E-state index contributed by atoms with van der Waals surface area (Å²) >= 11 is 0. The van der Waals surface area contributed by atoms with Gasteiger partial charge in [-0.2, -0.15) is 0 Å². The third-order valence-corrected chi connectivity index (χ3v) is 5.03. The molecule has 3 aromatic rings. The second-order valence-electron chi connectivity index (χ2n) is 5.58. The number of ether oxygens (including phenoxy) is 1. The number of anilines is 1. The molecule has 0 aliphatic carbocycles. The maximum atomic E-state index is 13.7. The maximum Gasteiger partial charge on any atom is 0.261 e. The van der Waals surface area contributed by atoms with E-state index in [1.165, 1.54) is 12.1 Å². The number of halogens is 2. The van der Waals surface area contributed by atoms with E-state index >= 15 is 0 Å². The van der Waals surface area contributed by atoms with E-state index in [1.54, 1.807) is 31.6 Å². The van der Waals surface area contributed by atoms with Crippen LogP contribution in [0.1, 0.15) is 5.82 Å². The molecule has 0 aliphatic heterocycles. The minimum absolute atomic E-state index is 0.0909. The summed E-state index contributed by atoms with van der Waals surface area (Å²) in [5.41, 5.74) is 0.944. The number of nitrogens with one attached hydrogen (secondary N) is 1. The van der Waals surface area contributed by atoms with E-state index in [4.69, 9.17) is 4.74 Å². The standard InChI is InChI=1S/C18H15F2N3O3S/c1-26-11-18-21-9-13(10-22-18)12-2-5-15(6-3-12)27(24,25)23-17-8-14(19)4-7-16(17)20/h2-10,23H,11H2,1H3. The molecule has 0 saturated carbocycles. The Hall–Kier alpha value is -2.91. The van der Waals surface area contributed by atoms with Crippen LogP contribution in [0.4, 0.5) is 14.5 Å². The van der Waals surface area contributed by atoms with Gasteiger partial charge in [0.05, 0.1) is 10.6 Å². The molecule has 2 aromatic carbocycles. The number of aromatic nitrogens is 2. The van der Waals surface area contributed by atoms with E-state index in [0.29, 0.717) is 23.6 Å². The van der Waals surface area contributed by atoms with Gasteiger partial charge in [-0.15, -0.1) is 0 Å². The molecule has 27 heavy (non-hydrogen) atoms. The number of rotatable bonds is 6. The monoisotopic (exact) mass is 391 g/mol. The topological polar surface area (TPSA) is 81.2 Å². The lowest BCUT2D eigenvalue weighted by atomic mass is 10.1. The molecule has 1 heterocycles. The van der Waals surface area contributed by atoms with Gasteiger partial charge in [-0.25, -0.2) is 27.2 Å². The van der Waals surface area contributed by atoms with Crippen LogP contribution >= 0.6 is 0 Å². The first-order valence-electron chi connectivity index (χ1n) is 7.77. The second kappa shape index (κ2) is 7.77. The van der Waals surface area contributed by atoms with E-state index < -0.39 is 27.3 Å². The highest BCUT2D eigenvalue weighted by Crippen LogP contribution is 2.23. The van der Waals surface area contributed by atoms with Gasteiger partial charge >= 0.3 is 0 Å². The second-order valence-corrected chi connectivity index (χ2v) is 7.26. The number of sulfonamides is 1. The highest BCUT2D eigenvalue weighted by atomic mass is 32.2. The fourth-order valence-corrected chi connectivity index (χ4v) is 3.37. The van der Waals surface area contributed by atoms with Gasteiger partial charge in [0.2, 0.25) is 0 Å². The van der Waals surface area contributed by atoms with Crippen molar-refractivity contribution in [3.63, 3.8) is 0 Å². The van der Waals surface area contributed by atoms with Crippen LogP contribution in [0.25, 0.3) is 11.1 Å². The van der Waals surface area contributed by atoms with Gasteiger partial charge < -0.3 is 4.74 Å². The zero-order chi connectivity index (χ0) is 19.4. The largest absolute Gasteiger partial charge is 0.377 e. The van der Waals surface area contributed by atoms with Crippen LogP contribution in [0.2, 0.25) is 0 Å². The molecule has 0 aliphatic rings. The molecule has 0 spiro atoms. The average Bonchev–Trinajstić information content (AvgIpc) is 2.66. The van der Waals surface area contributed by atoms with Crippen LogP contribution in [0.3, 0.4) is 0 Å². The quantitative estimate of drug-likeness (QED) is 0.697. The zero-order valence-electron chi connectivity index (χ0n) is 14.2. The molecule has 0 fully saturated rings. The van der Waals surface area contributed by atoms with Crippen LogP contribution in [0.5, 0.6) is 0 Å². The maximum absolute atomic E-state index is 13.7. The molecule has 0 atom stereocenters. The molecule has 6 nitrogen and oxygen atoms in total. The number of nitrogens with zero attached hydrogens (tertiary/aromatic N) is 2. The minimum Gasteiger partial charge on any atom is -0.377 e. The summed E-state index contributed by atoms with van der Waals surface area (Å²) in [7, 11) is -2.53. The Morgan fingerprint density at radius 3 is 2.30 bits per heavy atom. The van der Waals surface area contributed by atoms with Crippen LogP contribution in [-0.4, -0.2) is 25.5 Å². The molecule has 0 saturated heterocycles. The fourth-order valence-electron chi connectivity index (χ4n) is 2.31. The molecule has 0 amide bonds. The summed E-state index contributed by atoms with van der Waals surface area (Å²) in [6.07, 6.45) is 3.20. The highest BCUT2D eigenvalue weighted by Gasteiger charge is 2.17. The van der Waals surface area contributed by atoms with Crippen molar-refractivity contribution < 1.29 is 21.9 Å². The summed E-state index contributed by atoms with van der Waals surface area (Å²) in [5, 5.41) is 0. The summed E-state index contributed by atoms with van der Waals surface area (Å²) < 4.78 is 58.7. The van der Waals surface area contributed by atoms with Crippen molar-refractivity contribution in [2.45, 2.75) is 11.5 Å². The molecule has 3 rings (SSSR count). The molecular formula is C18H15F2N3O3S. The van der Waals surface area contributed by atoms with Gasteiger partial charge in [-0.3, -0.25) is 4.72 Å². The van der Waals surface area contributed by atoms with Crippen LogP contribution in [-0.2, 0) is 21.4 Å². The Bertz CT molecular complexity index is 1040. The summed E-state index contributed by atoms with van der Waals surface area (Å²) in [4.78, 5) is 8.20. The first kappa shape index (κ1) is 18.9. The Kier molecular flexibility index (Phi) is 5.43. The van der Waals surface area contributed by atoms with Gasteiger partial charge in [0.15, 0.2) is 5.82 Å². The molecule has 0 unspecified atom stereocenters. The van der Waals surface area contributed by atoms with Gasteiger partial charge in [-0.1, -0.05) is 12.1 Å². The van der Waals surface area contributed by atoms with Gasteiger partial charge in [0, 0.05) is 31.1 Å². The molecule has 1 N–H and O–H groups in total. The van der Waals surface area contributed by atoms with E-state index in [9.17, 15) is 17.2 Å². The first-order valence-corrected chi connectivity index (χ1v) is 9.25. The molecule has 0 bridgehead atoms. The first-order chi connectivity index (χ1) is 12.9. The lowest BCUT2D eigenvalue weighted by Crippen LogP contribution is -2.14. The zero-order valence-corrected chi connectivity index (χ0v) is 15.0. The van der Waals surface area contributed by atoms with E-state index in [0.717, 1.165) is 18.2 Å². The van der Waals surface area contributed by atoms with Crippen molar-refractivity contribution in [2.24, 2.45) is 0 Å². The molecular weight excluding hydrogens is 376 g/mol. The van der Waals surface area contributed by atoms with Gasteiger partial charge in [-0.05, 0) is 29.8 Å². The van der Waals surface area contributed by atoms with Crippen LogP contribution in [0.15, 0.2) is 59.8 Å². The Labute approximate surface area is 154 Å². The van der Waals surface area contributed by atoms with Gasteiger partial charge in [0.25, 0.3) is 10.0 Å². The minimum atomic E-state index is -4.07. The SMILES string of the molecule is COCc1ncc(-c2ccc(S(=O)(=O)Nc3cc(F)ccc3F)cc2)cn1. The fraction of sp³-hybridized carbons (Fsp3) is 0.111. The summed E-state index contributed by atoms with van der Waals surface area (Å²) in [6, 6.07) is 8.40.